The molecule has 0 aliphatic carbocycles. The molecule has 1 aliphatic rings. The van der Waals surface area contributed by atoms with Gasteiger partial charge < -0.3 is 9.47 Å². The number of ether oxygens (including phenoxy) is 2. The fraction of sp³-hybridized carbons (Fsp3) is 0.0526. The number of halogens is 2. The Morgan fingerprint density at radius 3 is 2.72 bits per heavy atom. The first-order chi connectivity index (χ1) is 12.0. The number of esters is 1. The van der Waals surface area contributed by atoms with Crippen LogP contribution < -0.4 is 4.74 Å². The summed E-state index contributed by atoms with van der Waals surface area (Å²) in [5, 5.41) is 1.05. The van der Waals surface area contributed by atoms with E-state index in [2.05, 4.69) is 4.99 Å². The molecule has 2 aromatic rings. The van der Waals surface area contributed by atoms with Crippen molar-refractivity contribution >= 4 is 47.2 Å². The van der Waals surface area contributed by atoms with Crippen molar-refractivity contribution in [3.63, 3.8) is 0 Å². The molecule has 4 nitrogen and oxygen atoms in total. The third-order valence-electron chi connectivity index (χ3n) is 3.40. The first-order valence-electron chi connectivity index (χ1n) is 7.35. The molecule has 0 fully saturated rings. The number of nitrogens with zero attached hydrogens (tertiary/aromatic N) is 1. The molecule has 3 rings (SSSR count). The minimum absolute atomic E-state index is 0.199. The number of cyclic esters (lactones) is 1. The minimum atomic E-state index is -0.510. The Kier molecular flexibility index (Phi) is 5.22. The lowest BCUT2D eigenvalue weighted by Gasteiger charge is -2.00. The first-order valence-corrected chi connectivity index (χ1v) is 8.10. The summed E-state index contributed by atoms with van der Waals surface area (Å²) in [6.45, 7) is 0. The number of aliphatic imine (C=N–C) groups is 1. The summed E-state index contributed by atoms with van der Waals surface area (Å²) in [6.07, 6.45) is 4.93. The van der Waals surface area contributed by atoms with E-state index in [1.807, 2.05) is 18.2 Å². The van der Waals surface area contributed by atoms with Crippen molar-refractivity contribution < 1.29 is 14.3 Å². The molecule has 0 amide bonds. The van der Waals surface area contributed by atoms with Gasteiger partial charge in [-0.05, 0) is 47.5 Å². The Balaban J connectivity index is 1.82. The van der Waals surface area contributed by atoms with E-state index in [-0.39, 0.29) is 11.6 Å². The molecule has 25 heavy (non-hydrogen) atoms. The van der Waals surface area contributed by atoms with Crippen LogP contribution in [-0.2, 0) is 9.53 Å². The normalized spacial score (nSPS) is 15.6. The van der Waals surface area contributed by atoms with E-state index >= 15 is 0 Å². The molecule has 1 heterocycles. The van der Waals surface area contributed by atoms with E-state index < -0.39 is 5.97 Å². The summed E-state index contributed by atoms with van der Waals surface area (Å²) in [4.78, 5) is 16.1. The summed E-state index contributed by atoms with van der Waals surface area (Å²) in [5.41, 5.74) is 1.76. The fourth-order valence-electron chi connectivity index (χ4n) is 2.18. The Bertz CT molecular complexity index is 917. The lowest BCUT2D eigenvalue weighted by molar-refractivity contribution is -0.129. The standard InChI is InChI=1S/C19H13Cl2NO3/c1-24-15-4-2-3-12(9-15)10-17-19(23)25-18(22-17)8-6-13-5-7-14(20)11-16(13)21/h2-11H,1H3. The zero-order valence-electron chi connectivity index (χ0n) is 13.2. The average molecular weight is 374 g/mol. The zero-order chi connectivity index (χ0) is 17.8. The van der Waals surface area contributed by atoms with Gasteiger partial charge in [0.05, 0.1) is 7.11 Å². The zero-order valence-corrected chi connectivity index (χ0v) is 14.7. The molecule has 0 N–H and O–H groups in total. The van der Waals surface area contributed by atoms with E-state index in [0.717, 1.165) is 11.1 Å². The highest BCUT2D eigenvalue weighted by Crippen LogP contribution is 2.23. The molecule has 126 valence electrons. The maximum Gasteiger partial charge on any atom is 0.363 e. The van der Waals surface area contributed by atoms with Crippen molar-refractivity contribution in [2.24, 2.45) is 4.99 Å². The predicted octanol–water partition coefficient (Wildman–Crippen LogP) is 5.01. The van der Waals surface area contributed by atoms with E-state index in [1.165, 1.54) is 0 Å². The Hall–Kier alpha value is -2.56. The SMILES string of the molecule is COc1cccc(C=C2N=C(C=Cc3ccc(Cl)cc3Cl)OC2=O)c1. The third-order valence-corrected chi connectivity index (χ3v) is 3.96. The van der Waals surface area contributed by atoms with E-state index in [4.69, 9.17) is 32.7 Å². The number of carbonyl (C=O) groups is 1. The topological polar surface area (TPSA) is 47.9 Å². The summed E-state index contributed by atoms with van der Waals surface area (Å²) in [7, 11) is 1.58. The Labute approximate surface area is 155 Å². The molecule has 0 radical (unpaired) electrons. The van der Waals surface area contributed by atoms with Crippen molar-refractivity contribution in [2.45, 2.75) is 0 Å². The average Bonchev–Trinajstić information content (AvgIpc) is 2.94. The number of methoxy groups -OCH3 is 1. The summed E-state index contributed by atoms with van der Waals surface area (Å²) < 4.78 is 10.3. The van der Waals surface area contributed by atoms with E-state index in [1.54, 1.807) is 49.6 Å². The van der Waals surface area contributed by atoms with Crippen LogP contribution in [0.25, 0.3) is 12.2 Å². The van der Waals surface area contributed by atoms with Gasteiger partial charge in [-0.3, -0.25) is 0 Å². The number of hydrogen-bond donors (Lipinski definition) is 0. The molecular weight excluding hydrogens is 361 g/mol. The molecule has 0 spiro atoms. The van der Waals surface area contributed by atoms with Crippen molar-refractivity contribution in [1.29, 1.82) is 0 Å². The fourth-order valence-corrected chi connectivity index (χ4v) is 2.66. The minimum Gasteiger partial charge on any atom is -0.497 e. The van der Waals surface area contributed by atoms with Crippen LogP contribution in [0.15, 0.2) is 59.2 Å². The molecule has 0 aromatic heterocycles. The molecular formula is C19H13Cl2NO3. The maximum absolute atomic E-state index is 12.0. The van der Waals surface area contributed by atoms with Crippen LogP contribution >= 0.6 is 23.2 Å². The number of rotatable bonds is 4. The Morgan fingerprint density at radius 2 is 1.96 bits per heavy atom. The van der Waals surface area contributed by atoms with Gasteiger partial charge in [0, 0.05) is 16.1 Å². The molecule has 1 aliphatic heterocycles. The van der Waals surface area contributed by atoms with Gasteiger partial charge in [-0.1, -0.05) is 41.4 Å². The lowest BCUT2D eigenvalue weighted by atomic mass is 10.2. The molecule has 0 saturated heterocycles. The van der Waals surface area contributed by atoms with Gasteiger partial charge in [0.25, 0.3) is 0 Å². The smallest absolute Gasteiger partial charge is 0.363 e. The predicted molar refractivity (Wildman–Crippen MR) is 100.0 cm³/mol. The highest BCUT2D eigenvalue weighted by molar-refractivity contribution is 6.35. The van der Waals surface area contributed by atoms with Crippen molar-refractivity contribution in [2.75, 3.05) is 7.11 Å². The van der Waals surface area contributed by atoms with Crippen LogP contribution in [0.3, 0.4) is 0 Å². The molecule has 2 aromatic carbocycles. The van der Waals surface area contributed by atoms with Crippen molar-refractivity contribution in [3.8, 4) is 5.75 Å². The molecule has 0 bridgehead atoms. The number of benzene rings is 2. The molecule has 0 atom stereocenters. The quantitative estimate of drug-likeness (QED) is 0.558. The first kappa shape index (κ1) is 17.3. The van der Waals surface area contributed by atoms with Gasteiger partial charge in [-0.15, -0.1) is 0 Å². The van der Waals surface area contributed by atoms with Gasteiger partial charge >= 0.3 is 5.97 Å². The van der Waals surface area contributed by atoms with E-state index in [0.29, 0.717) is 15.8 Å². The van der Waals surface area contributed by atoms with Crippen molar-refractivity contribution in [3.05, 3.63) is 75.4 Å². The second kappa shape index (κ2) is 7.55. The molecule has 0 unspecified atom stereocenters. The van der Waals surface area contributed by atoms with Crippen LogP contribution in [-0.4, -0.2) is 19.0 Å². The number of hydrogen-bond acceptors (Lipinski definition) is 4. The van der Waals surface area contributed by atoms with Gasteiger partial charge in [-0.25, -0.2) is 9.79 Å². The summed E-state index contributed by atoms with van der Waals surface area (Å²) in [5.74, 6) is 0.386. The van der Waals surface area contributed by atoms with Gasteiger partial charge in [0.15, 0.2) is 5.70 Å². The van der Waals surface area contributed by atoms with Gasteiger partial charge in [-0.2, -0.15) is 0 Å². The van der Waals surface area contributed by atoms with Crippen LogP contribution in [0.5, 0.6) is 5.75 Å². The monoisotopic (exact) mass is 373 g/mol. The van der Waals surface area contributed by atoms with Crippen molar-refractivity contribution in [1.82, 2.24) is 0 Å². The molecule has 6 heteroatoms. The van der Waals surface area contributed by atoms with Gasteiger partial charge in [0.2, 0.25) is 5.90 Å². The lowest BCUT2D eigenvalue weighted by Crippen LogP contribution is -2.01. The number of carbonyl (C=O) groups excluding carboxylic acids is 1. The second-order valence-electron chi connectivity index (χ2n) is 5.14. The van der Waals surface area contributed by atoms with Crippen LogP contribution in [0, 0.1) is 0 Å². The third kappa shape index (κ3) is 4.29. The second-order valence-corrected chi connectivity index (χ2v) is 5.99. The summed E-state index contributed by atoms with van der Waals surface area (Å²) in [6, 6.07) is 12.4. The highest BCUT2D eigenvalue weighted by atomic mass is 35.5. The van der Waals surface area contributed by atoms with Crippen LogP contribution in [0.1, 0.15) is 11.1 Å². The largest absolute Gasteiger partial charge is 0.497 e. The van der Waals surface area contributed by atoms with E-state index in [9.17, 15) is 4.79 Å². The van der Waals surface area contributed by atoms with Gasteiger partial charge in [0.1, 0.15) is 5.75 Å². The highest BCUT2D eigenvalue weighted by Gasteiger charge is 2.21. The Morgan fingerprint density at radius 1 is 1.12 bits per heavy atom. The van der Waals surface area contributed by atoms with Crippen LogP contribution in [0.2, 0.25) is 10.0 Å². The van der Waals surface area contributed by atoms with Crippen LogP contribution in [0.4, 0.5) is 0 Å². The maximum atomic E-state index is 12.0. The molecule has 0 saturated carbocycles. The summed E-state index contributed by atoms with van der Waals surface area (Å²) >= 11 is 12.0.